The fourth-order valence-corrected chi connectivity index (χ4v) is 1.14. The molecule has 1 aliphatic heterocycles. The molecule has 0 aromatic carbocycles. The van der Waals surface area contributed by atoms with Gasteiger partial charge in [-0.25, -0.2) is 9.89 Å². The Balaban J connectivity index is 2.10. The summed E-state index contributed by atoms with van der Waals surface area (Å²) >= 11 is 0. The van der Waals surface area contributed by atoms with Crippen LogP contribution in [0.3, 0.4) is 0 Å². The average molecular weight is 184 g/mol. The van der Waals surface area contributed by atoms with Gasteiger partial charge in [-0.2, -0.15) is 0 Å². The lowest BCUT2D eigenvalue weighted by atomic mass is 10.2. The van der Waals surface area contributed by atoms with Gasteiger partial charge < -0.3 is 10.0 Å². The number of carbonyl (C=O) groups excluding carboxylic acids is 1. The molecule has 70 valence electrons. The number of H-pyrrole nitrogens is 2. The van der Waals surface area contributed by atoms with Gasteiger partial charge in [-0.3, -0.25) is 9.78 Å². The lowest BCUT2D eigenvalue weighted by Crippen LogP contribution is -2.53. The second-order valence-corrected chi connectivity index (χ2v) is 2.89. The number of aromatic amines is 2. The molecule has 0 unspecified atom stereocenters. The molecule has 7 nitrogen and oxygen atoms in total. The topological polar surface area (TPSA) is 102 Å². The monoisotopic (exact) mass is 184 g/mol. The van der Waals surface area contributed by atoms with Crippen LogP contribution in [0.25, 0.3) is 0 Å². The first-order valence-electron chi connectivity index (χ1n) is 3.79. The Morgan fingerprint density at radius 2 is 2.31 bits per heavy atom. The molecular weight excluding hydrogens is 176 g/mol. The minimum Gasteiger partial charge on any atom is -0.389 e. The van der Waals surface area contributed by atoms with E-state index in [9.17, 15) is 9.59 Å². The second-order valence-electron chi connectivity index (χ2n) is 2.89. The van der Waals surface area contributed by atoms with Crippen molar-refractivity contribution in [3.05, 3.63) is 16.3 Å². The number of hydrogen-bond donors (Lipinski definition) is 3. The summed E-state index contributed by atoms with van der Waals surface area (Å²) < 4.78 is 0. The van der Waals surface area contributed by atoms with E-state index >= 15 is 0 Å². The van der Waals surface area contributed by atoms with Gasteiger partial charge in [-0.15, -0.1) is 5.10 Å². The highest BCUT2D eigenvalue weighted by Gasteiger charge is 2.30. The third-order valence-corrected chi connectivity index (χ3v) is 1.85. The summed E-state index contributed by atoms with van der Waals surface area (Å²) in [4.78, 5) is 25.6. The molecule has 1 fully saturated rings. The molecule has 0 spiro atoms. The summed E-state index contributed by atoms with van der Waals surface area (Å²) in [6.07, 6.45) is -0.449. The van der Waals surface area contributed by atoms with Crippen molar-refractivity contribution in [2.75, 3.05) is 13.1 Å². The zero-order valence-electron chi connectivity index (χ0n) is 6.65. The maximum absolute atomic E-state index is 11.3. The average Bonchev–Trinajstić information content (AvgIpc) is 2.45. The molecular formula is C6H8N4O3. The number of aliphatic hydroxyl groups excluding tert-OH is 1. The molecule has 1 aliphatic rings. The standard InChI is InChI=1S/C6H8N4O3/c11-3-1-10(2-3)5(12)4-7-6(13)9-8-4/h3,11H,1-2H2,(H2,7,8,9,13). The Morgan fingerprint density at radius 1 is 1.62 bits per heavy atom. The summed E-state index contributed by atoms with van der Waals surface area (Å²) in [5.74, 6) is -0.388. The predicted octanol–water partition coefficient (Wildman–Crippen LogP) is -2.09. The van der Waals surface area contributed by atoms with Gasteiger partial charge in [0.15, 0.2) is 0 Å². The smallest absolute Gasteiger partial charge is 0.341 e. The zero-order chi connectivity index (χ0) is 9.42. The molecule has 1 aromatic rings. The maximum atomic E-state index is 11.3. The van der Waals surface area contributed by atoms with Crippen LogP contribution in [0.2, 0.25) is 0 Å². The quantitative estimate of drug-likeness (QED) is 0.466. The molecule has 3 N–H and O–H groups in total. The lowest BCUT2D eigenvalue weighted by Gasteiger charge is -2.34. The van der Waals surface area contributed by atoms with E-state index in [1.54, 1.807) is 0 Å². The predicted molar refractivity (Wildman–Crippen MR) is 41.1 cm³/mol. The Labute approximate surface area is 72.4 Å². The number of hydrogen-bond acceptors (Lipinski definition) is 4. The van der Waals surface area contributed by atoms with Crippen molar-refractivity contribution >= 4 is 5.91 Å². The number of nitrogens with zero attached hydrogens (tertiary/aromatic N) is 2. The van der Waals surface area contributed by atoms with E-state index in [0.717, 1.165) is 0 Å². The van der Waals surface area contributed by atoms with Crippen LogP contribution in [0, 0.1) is 0 Å². The highest BCUT2D eigenvalue weighted by Crippen LogP contribution is 2.09. The first-order valence-corrected chi connectivity index (χ1v) is 3.79. The van der Waals surface area contributed by atoms with Gasteiger partial charge >= 0.3 is 5.69 Å². The molecule has 1 amide bonds. The maximum Gasteiger partial charge on any atom is 0.341 e. The summed E-state index contributed by atoms with van der Waals surface area (Å²) in [7, 11) is 0. The van der Waals surface area contributed by atoms with Crippen LogP contribution < -0.4 is 5.69 Å². The van der Waals surface area contributed by atoms with Crippen LogP contribution in [0.4, 0.5) is 0 Å². The molecule has 1 aromatic heterocycles. The second kappa shape index (κ2) is 2.70. The zero-order valence-corrected chi connectivity index (χ0v) is 6.65. The Kier molecular flexibility index (Phi) is 1.66. The van der Waals surface area contributed by atoms with E-state index in [1.165, 1.54) is 4.90 Å². The van der Waals surface area contributed by atoms with Crippen LogP contribution in [0.1, 0.15) is 10.6 Å². The molecule has 7 heteroatoms. The van der Waals surface area contributed by atoms with Crippen molar-refractivity contribution in [2.45, 2.75) is 6.10 Å². The lowest BCUT2D eigenvalue weighted by molar-refractivity contribution is 0.00510. The van der Waals surface area contributed by atoms with E-state index in [2.05, 4.69) is 15.2 Å². The summed E-state index contributed by atoms with van der Waals surface area (Å²) in [6, 6.07) is 0. The van der Waals surface area contributed by atoms with Gasteiger partial charge in [0.1, 0.15) is 0 Å². The van der Waals surface area contributed by atoms with Crippen LogP contribution in [-0.4, -0.2) is 50.3 Å². The Morgan fingerprint density at radius 3 is 2.77 bits per heavy atom. The van der Waals surface area contributed by atoms with Gasteiger partial charge in [0.05, 0.1) is 6.10 Å². The summed E-state index contributed by atoms with van der Waals surface area (Å²) in [6.45, 7) is 0.599. The molecule has 2 heterocycles. The third kappa shape index (κ3) is 1.33. The van der Waals surface area contributed by atoms with Crippen molar-refractivity contribution in [2.24, 2.45) is 0 Å². The van der Waals surface area contributed by atoms with Crippen molar-refractivity contribution < 1.29 is 9.90 Å². The van der Waals surface area contributed by atoms with Gasteiger partial charge in [0.2, 0.25) is 5.82 Å². The van der Waals surface area contributed by atoms with Crippen molar-refractivity contribution in [1.29, 1.82) is 0 Å². The van der Waals surface area contributed by atoms with Crippen molar-refractivity contribution in [3.63, 3.8) is 0 Å². The normalized spacial score (nSPS) is 17.2. The number of β-amino-alcohol motifs (C(OH)–C–C–N with tert-alkyl or cyclic N) is 1. The van der Waals surface area contributed by atoms with E-state index in [4.69, 9.17) is 5.11 Å². The minimum atomic E-state index is -0.510. The number of aliphatic hydroxyl groups is 1. The summed E-state index contributed by atoms with van der Waals surface area (Å²) in [5.41, 5.74) is -0.510. The van der Waals surface area contributed by atoms with E-state index < -0.39 is 11.8 Å². The number of likely N-dealkylation sites (tertiary alicyclic amines) is 1. The fraction of sp³-hybridized carbons (Fsp3) is 0.500. The molecule has 0 saturated carbocycles. The minimum absolute atomic E-state index is 0.0168. The number of carbonyl (C=O) groups is 1. The molecule has 0 atom stereocenters. The summed E-state index contributed by atoms with van der Waals surface area (Å²) in [5, 5.41) is 14.5. The molecule has 0 aliphatic carbocycles. The molecule has 1 saturated heterocycles. The van der Waals surface area contributed by atoms with Gasteiger partial charge in [0, 0.05) is 13.1 Å². The largest absolute Gasteiger partial charge is 0.389 e. The number of amides is 1. The van der Waals surface area contributed by atoms with Crippen LogP contribution in [-0.2, 0) is 0 Å². The van der Waals surface area contributed by atoms with Gasteiger partial charge in [0.25, 0.3) is 5.91 Å². The van der Waals surface area contributed by atoms with Crippen LogP contribution in [0.15, 0.2) is 4.79 Å². The molecule has 2 rings (SSSR count). The van der Waals surface area contributed by atoms with E-state index in [0.29, 0.717) is 13.1 Å². The third-order valence-electron chi connectivity index (χ3n) is 1.85. The molecule has 0 bridgehead atoms. The van der Waals surface area contributed by atoms with E-state index in [1.807, 2.05) is 0 Å². The van der Waals surface area contributed by atoms with Crippen molar-refractivity contribution in [1.82, 2.24) is 20.1 Å². The SMILES string of the molecule is O=C(c1n[nH]c(=O)[nH]1)N1CC(O)C1. The molecule has 13 heavy (non-hydrogen) atoms. The highest BCUT2D eigenvalue weighted by molar-refractivity contribution is 5.90. The number of nitrogens with one attached hydrogen (secondary N) is 2. The highest BCUT2D eigenvalue weighted by atomic mass is 16.3. The van der Waals surface area contributed by atoms with Gasteiger partial charge in [-0.1, -0.05) is 0 Å². The first-order chi connectivity index (χ1) is 6.16. The Bertz CT molecular complexity index is 375. The fourth-order valence-electron chi connectivity index (χ4n) is 1.14. The Hall–Kier alpha value is -1.63. The number of aromatic nitrogens is 3. The number of rotatable bonds is 1. The van der Waals surface area contributed by atoms with Crippen LogP contribution in [0.5, 0.6) is 0 Å². The van der Waals surface area contributed by atoms with Crippen molar-refractivity contribution in [3.8, 4) is 0 Å². The van der Waals surface area contributed by atoms with E-state index in [-0.39, 0.29) is 11.7 Å². The van der Waals surface area contributed by atoms with Crippen LogP contribution >= 0.6 is 0 Å². The first kappa shape index (κ1) is 7.99. The molecule has 0 radical (unpaired) electrons. The van der Waals surface area contributed by atoms with Gasteiger partial charge in [-0.05, 0) is 0 Å².